The number of hydrogen-bond acceptors (Lipinski definition) is 13. The molecule has 2 bridgehead atoms. The van der Waals surface area contributed by atoms with Gasteiger partial charge in [-0.15, -0.1) is 0 Å². The van der Waals surface area contributed by atoms with Crippen LogP contribution in [0.4, 0.5) is 0 Å². The van der Waals surface area contributed by atoms with E-state index in [4.69, 9.17) is 38.9 Å². The number of carbonyl (C=O) groups is 1. The van der Waals surface area contributed by atoms with Crippen LogP contribution in [0.2, 0.25) is 0 Å². The molecule has 13 nitrogen and oxygen atoms in total. The predicted octanol–water partition coefficient (Wildman–Crippen LogP) is 2.29. The van der Waals surface area contributed by atoms with Gasteiger partial charge in [0.05, 0.1) is 41.9 Å². The highest BCUT2D eigenvalue weighted by atomic mass is 16.7. The van der Waals surface area contributed by atoms with E-state index >= 15 is 0 Å². The number of cyclic esters (lactones) is 1. The Morgan fingerprint density at radius 2 is 1.73 bits per heavy atom. The van der Waals surface area contributed by atoms with E-state index in [2.05, 4.69) is 0 Å². The summed E-state index contributed by atoms with van der Waals surface area (Å²) in [4.78, 5) is 14.2. The quantitative estimate of drug-likeness (QED) is 0.234. The third-order valence-corrected chi connectivity index (χ3v) is 11.3. The molecule has 0 spiro atoms. The van der Waals surface area contributed by atoms with Gasteiger partial charge >= 0.3 is 5.97 Å². The molecule has 4 rings (SSSR count). The molecule has 17 atom stereocenters. The maximum atomic E-state index is 14.2. The number of hydrogen-bond donors (Lipinski definition) is 5. The van der Waals surface area contributed by atoms with Crippen LogP contribution in [0.3, 0.4) is 0 Å². The van der Waals surface area contributed by atoms with Crippen molar-refractivity contribution in [3.63, 3.8) is 0 Å². The molecule has 0 aromatic carbocycles. The zero-order valence-corrected chi connectivity index (χ0v) is 30.5. The summed E-state index contributed by atoms with van der Waals surface area (Å²) in [5, 5.41) is 44.6. The molecule has 3 saturated heterocycles. The summed E-state index contributed by atoms with van der Waals surface area (Å²) in [6.07, 6.45) is -7.80. The van der Waals surface area contributed by atoms with E-state index < -0.39 is 102 Å². The zero-order valence-electron chi connectivity index (χ0n) is 30.5. The van der Waals surface area contributed by atoms with E-state index in [0.29, 0.717) is 18.6 Å². The van der Waals surface area contributed by atoms with Gasteiger partial charge in [0.1, 0.15) is 41.4 Å². The summed E-state index contributed by atoms with van der Waals surface area (Å²) in [6.45, 7) is 17.8. The number of ether oxygens (including phenoxy) is 7. The molecular weight excluding hydrogens is 626 g/mol. The number of aliphatic hydroxyl groups excluding tert-OH is 3. The average Bonchev–Trinajstić information content (AvgIpc) is 3.34. The van der Waals surface area contributed by atoms with Gasteiger partial charge in [-0.05, 0) is 66.9 Å². The van der Waals surface area contributed by atoms with Crippen LogP contribution in [-0.4, -0.2) is 118 Å². The van der Waals surface area contributed by atoms with Crippen molar-refractivity contribution < 1.29 is 58.4 Å². The molecule has 0 aromatic heterocycles. The maximum absolute atomic E-state index is 14.2. The molecule has 4 aliphatic heterocycles. The summed E-state index contributed by atoms with van der Waals surface area (Å²) >= 11 is 0. The summed E-state index contributed by atoms with van der Waals surface area (Å²) in [5.74, 6) is -2.33. The number of nitrogens with two attached hydrogens (primary N) is 1. The van der Waals surface area contributed by atoms with Crippen LogP contribution in [0.15, 0.2) is 11.3 Å². The normalized spacial score (nSPS) is 47.8. The zero-order chi connectivity index (χ0) is 36.1. The fraction of sp³-hybridized carbons (Fsp3) is 0.914. The van der Waals surface area contributed by atoms with Crippen LogP contribution in [0.25, 0.3) is 0 Å². The molecular formula is C35H61NO12. The maximum Gasteiger partial charge on any atom is 0.311 e. The average molecular weight is 688 g/mol. The van der Waals surface area contributed by atoms with Crippen LogP contribution < -0.4 is 5.73 Å². The van der Waals surface area contributed by atoms with E-state index in [-0.39, 0.29) is 18.9 Å². The molecule has 278 valence electrons. The van der Waals surface area contributed by atoms with Crippen molar-refractivity contribution in [1.82, 2.24) is 0 Å². The Balaban J connectivity index is 1.82. The Labute approximate surface area is 285 Å². The van der Waals surface area contributed by atoms with E-state index in [0.717, 1.165) is 5.57 Å². The Morgan fingerprint density at radius 3 is 2.33 bits per heavy atom. The Morgan fingerprint density at radius 1 is 1.08 bits per heavy atom. The third kappa shape index (κ3) is 7.46. The van der Waals surface area contributed by atoms with Crippen molar-refractivity contribution in [2.24, 2.45) is 23.5 Å². The largest absolute Gasteiger partial charge is 0.488 e. The van der Waals surface area contributed by atoms with Crippen molar-refractivity contribution in [1.29, 1.82) is 0 Å². The summed E-state index contributed by atoms with van der Waals surface area (Å²) in [6, 6.07) is -0.575. The lowest BCUT2D eigenvalue weighted by molar-refractivity contribution is -0.313. The molecule has 4 aliphatic rings. The van der Waals surface area contributed by atoms with Crippen LogP contribution in [0.5, 0.6) is 0 Å². The molecule has 6 N–H and O–H groups in total. The highest BCUT2D eigenvalue weighted by Gasteiger charge is 2.56. The van der Waals surface area contributed by atoms with E-state index in [1.807, 2.05) is 27.7 Å². The first-order chi connectivity index (χ1) is 22.2. The second-order valence-electron chi connectivity index (χ2n) is 15.5. The first-order valence-corrected chi connectivity index (χ1v) is 17.5. The summed E-state index contributed by atoms with van der Waals surface area (Å²) < 4.78 is 44.3. The second kappa shape index (κ2) is 14.7. The number of rotatable bonds is 8. The number of aliphatic hydroxyl groups is 4. The molecule has 3 fully saturated rings. The topological polar surface area (TPSA) is 189 Å². The molecule has 0 aromatic rings. The van der Waals surface area contributed by atoms with Gasteiger partial charge in [-0.2, -0.15) is 0 Å². The molecule has 2 unspecified atom stereocenters. The SMILES string of the molecule is CC[C@@H](O)[C@@](C)(O)[C@@H]1OC(=O)[C@H](C)[C@@H](OC2C[C@@](C)(OC)[C@@H](O)[C@H](C)O2)[C@H](C)[C@@H](OC2O[C@H](C)C[C@H](N)[C@H]2O)[C@]2(C)CC(C)=C(O2)[C@@H]1C. The van der Waals surface area contributed by atoms with Crippen LogP contribution in [0, 0.1) is 17.8 Å². The van der Waals surface area contributed by atoms with Gasteiger partial charge < -0.3 is 59.3 Å². The number of fused-ring (bicyclic) bond motifs is 2. The summed E-state index contributed by atoms with van der Waals surface area (Å²) in [5.41, 5.74) is 3.29. The first kappa shape index (κ1) is 39.4. The van der Waals surface area contributed by atoms with Crippen LogP contribution >= 0.6 is 0 Å². The van der Waals surface area contributed by atoms with E-state index in [1.165, 1.54) is 14.0 Å². The molecule has 13 heteroatoms. The second-order valence-corrected chi connectivity index (χ2v) is 15.5. The lowest BCUT2D eigenvalue weighted by atomic mass is 9.78. The van der Waals surface area contributed by atoms with Gasteiger partial charge in [-0.25, -0.2) is 0 Å². The minimum absolute atomic E-state index is 0.165. The highest BCUT2D eigenvalue weighted by molar-refractivity contribution is 5.73. The van der Waals surface area contributed by atoms with Gasteiger partial charge in [0.15, 0.2) is 12.6 Å². The highest BCUT2D eigenvalue weighted by Crippen LogP contribution is 2.48. The molecule has 0 saturated carbocycles. The summed E-state index contributed by atoms with van der Waals surface area (Å²) in [7, 11) is 1.52. The van der Waals surface area contributed by atoms with Crippen LogP contribution in [-0.2, 0) is 38.0 Å². The fourth-order valence-corrected chi connectivity index (χ4v) is 8.27. The number of esters is 1. The minimum atomic E-state index is -1.82. The molecule has 0 aliphatic carbocycles. The standard InChI is InChI=1S/C35H61NO12/c1-12-23(37)35(10,41)30-18(4)26-16(2)14-34(9,48-26)29(47-32-25(38)22(36)13-17(3)43-32)19(5)27(20(6)31(40)46-30)45-24-15-33(8,42-11)28(39)21(7)44-24/h17-25,27-30,32,37-39,41H,12-15,36H2,1-11H3/t17-,18+,19+,20-,21+,22+,23-,24?,25-,27+,28+,29-,30-,32?,33-,34+,35-/m1/s1. The monoisotopic (exact) mass is 687 g/mol. The fourth-order valence-electron chi connectivity index (χ4n) is 8.27. The van der Waals surface area contributed by atoms with Gasteiger partial charge in [0.2, 0.25) is 0 Å². The number of carbonyl (C=O) groups excluding carboxylic acids is 1. The van der Waals surface area contributed by atoms with Gasteiger partial charge in [0, 0.05) is 31.9 Å². The van der Waals surface area contributed by atoms with Gasteiger partial charge in [-0.1, -0.05) is 20.8 Å². The molecule has 0 amide bonds. The first-order valence-electron chi connectivity index (χ1n) is 17.5. The third-order valence-electron chi connectivity index (χ3n) is 11.3. The predicted molar refractivity (Wildman–Crippen MR) is 174 cm³/mol. The van der Waals surface area contributed by atoms with Gasteiger partial charge in [0.25, 0.3) is 0 Å². The van der Waals surface area contributed by atoms with Crippen LogP contribution in [0.1, 0.15) is 94.9 Å². The van der Waals surface area contributed by atoms with Crippen molar-refractivity contribution in [2.45, 2.75) is 179 Å². The lowest BCUT2D eigenvalue weighted by Gasteiger charge is -2.48. The van der Waals surface area contributed by atoms with Crippen molar-refractivity contribution in [3.05, 3.63) is 11.3 Å². The molecule has 4 heterocycles. The van der Waals surface area contributed by atoms with Crippen molar-refractivity contribution >= 4 is 5.97 Å². The van der Waals surface area contributed by atoms with Crippen molar-refractivity contribution in [3.8, 4) is 0 Å². The molecule has 48 heavy (non-hydrogen) atoms. The Hall–Kier alpha value is -1.39. The van der Waals surface area contributed by atoms with Gasteiger partial charge in [-0.3, -0.25) is 4.79 Å². The number of methoxy groups -OCH3 is 1. The smallest absolute Gasteiger partial charge is 0.311 e. The van der Waals surface area contributed by atoms with Crippen molar-refractivity contribution in [2.75, 3.05) is 7.11 Å². The van der Waals surface area contributed by atoms with E-state index in [9.17, 15) is 25.2 Å². The minimum Gasteiger partial charge on any atom is -0.488 e. The lowest BCUT2D eigenvalue weighted by Crippen LogP contribution is -2.60. The molecule has 0 radical (unpaired) electrons. The Bertz CT molecular complexity index is 1170. The Kier molecular flexibility index (Phi) is 12.1. The van der Waals surface area contributed by atoms with E-state index in [1.54, 1.807) is 34.6 Å².